The van der Waals surface area contributed by atoms with Crippen LogP contribution in [0.1, 0.15) is 24.6 Å². The van der Waals surface area contributed by atoms with Gasteiger partial charge in [-0.2, -0.15) is 13.2 Å². The molecule has 1 aliphatic heterocycles. The van der Waals surface area contributed by atoms with Crippen LogP contribution in [-0.4, -0.2) is 73.3 Å². The average molecular weight is 659 g/mol. The molecule has 1 fully saturated rings. The van der Waals surface area contributed by atoms with Crippen LogP contribution in [0.25, 0.3) is 21.6 Å². The van der Waals surface area contributed by atoms with E-state index in [-0.39, 0.29) is 11.9 Å². The number of anilines is 1. The van der Waals surface area contributed by atoms with E-state index in [0.29, 0.717) is 16.5 Å². The van der Waals surface area contributed by atoms with Crippen molar-refractivity contribution in [3.8, 4) is 10.7 Å². The number of aromatic nitrogens is 2. The van der Waals surface area contributed by atoms with E-state index in [0.717, 1.165) is 59.0 Å². The lowest BCUT2D eigenvalue weighted by Gasteiger charge is -2.30. The maximum atomic E-state index is 13.1. The number of piperidine rings is 1. The summed E-state index contributed by atoms with van der Waals surface area (Å²) < 4.78 is 64.7. The third-order valence-electron chi connectivity index (χ3n) is 6.70. The second-order valence-electron chi connectivity index (χ2n) is 9.57. The number of sulfonamides is 1. The van der Waals surface area contributed by atoms with E-state index in [2.05, 4.69) is 14.9 Å². The van der Waals surface area contributed by atoms with Crippen LogP contribution in [0, 0.1) is 5.92 Å². The monoisotopic (exact) mass is 658 g/mol. The molecule has 10 nitrogen and oxygen atoms in total. The highest BCUT2D eigenvalue weighted by molar-refractivity contribution is 7.94. The predicted molar refractivity (Wildman–Crippen MR) is 158 cm³/mol. The standard InChI is InChI=1S/C25H28N4O4S3.C2HF3O2/c1-3-33-25(30)17-9-11-29(12-10-17)16-19-15-26-24(35-19)20-14-18-6-4-7-21(23(18)27-20)28(2)36(31,32)22-8-5-13-34-22;3-2(4,5)1(6)7/h4-8,13-15,17,27H,3,9-12,16H2,1-2H3;(H,6,7). The number of hydrogen-bond acceptors (Lipinski definition) is 9. The number of nitrogens with zero attached hydrogens (tertiary/aromatic N) is 3. The molecule has 232 valence electrons. The molecule has 0 radical (unpaired) electrons. The number of carbonyl (C=O) groups is 2. The SMILES string of the molecule is CCOC(=O)C1CCN(Cc2cnc(-c3cc4cccc(N(C)S(=O)(=O)c5cccs5)c4[nH]3)s2)CC1.O=C(O)C(F)(F)F. The minimum atomic E-state index is -5.08. The Hall–Kier alpha value is -3.47. The fraction of sp³-hybridized carbons (Fsp3) is 0.370. The van der Waals surface area contributed by atoms with Crippen LogP contribution in [-0.2, 0) is 30.9 Å². The van der Waals surface area contributed by atoms with Crippen LogP contribution in [0.4, 0.5) is 18.9 Å². The number of thiophene rings is 1. The van der Waals surface area contributed by atoms with Gasteiger partial charge in [-0.1, -0.05) is 18.2 Å². The van der Waals surface area contributed by atoms with Crippen molar-refractivity contribution >= 4 is 61.2 Å². The first-order valence-electron chi connectivity index (χ1n) is 13.1. The predicted octanol–water partition coefficient (Wildman–Crippen LogP) is 5.59. The molecule has 1 saturated heterocycles. The Balaban J connectivity index is 0.000000541. The van der Waals surface area contributed by atoms with E-state index in [1.165, 1.54) is 15.6 Å². The second kappa shape index (κ2) is 13.4. The van der Waals surface area contributed by atoms with Crippen molar-refractivity contribution in [3.63, 3.8) is 0 Å². The van der Waals surface area contributed by atoms with Crippen LogP contribution in [0.3, 0.4) is 0 Å². The van der Waals surface area contributed by atoms with E-state index in [4.69, 9.17) is 14.6 Å². The van der Waals surface area contributed by atoms with Gasteiger partial charge in [-0.3, -0.25) is 14.0 Å². The Kier molecular flexibility index (Phi) is 10.1. The Morgan fingerprint density at radius 2 is 1.91 bits per heavy atom. The fourth-order valence-corrected chi connectivity index (χ4v) is 7.80. The van der Waals surface area contributed by atoms with Gasteiger partial charge in [0.2, 0.25) is 0 Å². The van der Waals surface area contributed by atoms with E-state index in [1.54, 1.807) is 42.0 Å². The molecule has 0 unspecified atom stereocenters. The molecule has 2 N–H and O–H groups in total. The van der Waals surface area contributed by atoms with Crippen LogP contribution in [0.5, 0.6) is 0 Å². The highest BCUT2D eigenvalue weighted by Crippen LogP contribution is 2.35. The Morgan fingerprint density at radius 1 is 1.21 bits per heavy atom. The third kappa shape index (κ3) is 7.74. The van der Waals surface area contributed by atoms with Crippen molar-refractivity contribution in [1.82, 2.24) is 14.9 Å². The van der Waals surface area contributed by atoms with Crippen LogP contribution < -0.4 is 4.31 Å². The van der Waals surface area contributed by atoms with Crippen LogP contribution in [0.15, 0.2) is 52.2 Å². The smallest absolute Gasteiger partial charge is 0.475 e. The topological polar surface area (TPSA) is 133 Å². The number of esters is 1. The first-order chi connectivity index (χ1) is 20.3. The van der Waals surface area contributed by atoms with Crippen molar-refractivity contribution in [2.24, 2.45) is 5.92 Å². The number of alkyl halides is 3. The number of carboxylic acids is 1. The van der Waals surface area contributed by atoms with Gasteiger partial charge in [-0.05, 0) is 56.4 Å². The first-order valence-corrected chi connectivity index (χ1v) is 16.2. The third-order valence-corrected chi connectivity index (χ3v) is 10.9. The zero-order valence-corrected chi connectivity index (χ0v) is 25.6. The number of carbonyl (C=O) groups excluding carboxylic acids is 1. The van der Waals surface area contributed by atoms with Crippen LogP contribution >= 0.6 is 22.7 Å². The zero-order valence-electron chi connectivity index (χ0n) is 23.1. The number of para-hydroxylation sites is 1. The molecule has 0 spiro atoms. The molecule has 16 heteroatoms. The van der Waals surface area contributed by atoms with Gasteiger partial charge in [0.1, 0.15) is 9.22 Å². The quantitative estimate of drug-likeness (QED) is 0.234. The van der Waals surface area contributed by atoms with Gasteiger partial charge in [-0.25, -0.2) is 18.2 Å². The summed E-state index contributed by atoms with van der Waals surface area (Å²) in [5.41, 5.74) is 2.21. The van der Waals surface area contributed by atoms with Gasteiger partial charge in [0, 0.05) is 30.1 Å². The average Bonchev–Trinajstić information content (AvgIpc) is 3.74. The molecule has 1 aromatic carbocycles. The summed E-state index contributed by atoms with van der Waals surface area (Å²) in [7, 11) is -2.06. The Labute approximate surface area is 253 Å². The van der Waals surface area contributed by atoms with Crippen molar-refractivity contribution < 1.29 is 41.0 Å². The first kappa shape index (κ1) is 32.4. The number of aromatic amines is 1. The number of benzene rings is 1. The second-order valence-corrected chi connectivity index (χ2v) is 13.8. The number of fused-ring (bicyclic) bond motifs is 1. The minimum absolute atomic E-state index is 0.000489. The molecular formula is C27H29F3N4O6S3. The number of H-pyrrole nitrogens is 1. The maximum Gasteiger partial charge on any atom is 0.490 e. The molecule has 4 aromatic rings. The highest BCUT2D eigenvalue weighted by atomic mass is 32.2. The van der Waals surface area contributed by atoms with Gasteiger partial charge < -0.3 is 14.8 Å². The molecule has 43 heavy (non-hydrogen) atoms. The molecule has 0 bridgehead atoms. The van der Waals surface area contributed by atoms with E-state index in [1.807, 2.05) is 31.3 Å². The number of carboxylic acid groups (broad SMARTS) is 1. The lowest BCUT2D eigenvalue weighted by Crippen LogP contribution is -2.36. The van der Waals surface area contributed by atoms with Gasteiger partial charge in [0.15, 0.2) is 0 Å². The van der Waals surface area contributed by atoms with Crippen molar-refractivity contribution in [3.05, 3.63) is 52.9 Å². The molecule has 0 atom stereocenters. The molecule has 3 aromatic heterocycles. The number of ether oxygens (including phenoxy) is 1. The Bertz CT molecular complexity index is 1660. The molecule has 0 aliphatic carbocycles. The number of likely N-dealkylation sites (tertiary alicyclic amines) is 1. The van der Waals surface area contributed by atoms with E-state index in [9.17, 15) is 26.4 Å². The van der Waals surface area contributed by atoms with Gasteiger partial charge >= 0.3 is 18.1 Å². The molecule has 0 saturated carbocycles. The van der Waals surface area contributed by atoms with Crippen molar-refractivity contribution in [1.29, 1.82) is 0 Å². The lowest BCUT2D eigenvalue weighted by atomic mass is 9.97. The normalized spacial score (nSPS) is 14.7. The largest absolute Gasteiger partial charge is 0.490 e. The zero-order chi connectivity index (χ0) is 31.4. The summed E-state index contributed by atoms with van der Waals surface area (Å²) in [4.78, 5) is 32.4. The van der Waals surface area contributed by atoms with Gasteiger partial charge in [0.25, 0.3) is 10.0 Å². The fourth-order valence-electron chi connectivity index (χ4n) is 4.50. The maximum absolute atomic E-state index is 13.1. The molecule has 1 aliphatic rings. The summed E-state index contributed by atoms with van der Waals surface area (Å²) >= 11 is 2.83. The van der Waals surface area contributed by atoms with E-state index >= 15 is 0 Å². The number of aliphatic carboxylic acids is 1. The number of thiazole rings is 1. The number of nitrogens with one attached hydrogen (secondary N) is 1. The molecule has 4 heterocycles. The summed E-state index contributed by atoms with van der Waals surface area (Å²) in [5, 5.41) is 10.7. The van der Waals surface area contributed by atoms with E-state index < -0.39 is 22.2 Å². The summed E-state index contributed by atoms with van der Waals surface area (Å²) in [6.45, 7) is 4.78. The van der Waals surface area contributed by atoms with Crippen LogP contribution in [0.2, 0.25) is 0 Å². The lowest BCUT2D eigenvalue weighted by molar-refractivity contribution is -0.192. The molecular weight excluding hydrogens is 630 g/mol. The summed E-state index contributed by atoms with van der Waals surface area (Å²) in [6, 6.07) is 11.0. The summed E-state index contributed by atoms with van der Waals surface area (Å²) in [5.74, 6) is -2.84. The number of rotatable bonds is 8. The number of halogens is 3. The Morgan fingerprint density at radius 3 is 2.51 bits per heavy atom. The minimum Gasteiger partial charge on any atom is -0.475 e. The number of hydrogen-bond donors (Lipinski definition) is 2. The van der Waals surface area contributed by atoms with Crippen molar-refractivity contribution in [2.75, 3.05) is 31.0 Å². The summed E-state index contributed by atoms with van der Waals surface area (Å²) in [6.07, 6.45) is -1.55. The van der Waals surface area contributed by atoms with Crippen molar-refractivity contribution in [2.45, 2.75) is 36.7 Å². The van der Waals surface area contributed by atoms with Gasteiger partial charge in [-0.15, -0.1) is 22.7 Å². The highest BCUT2D eigenvalue weighted by Gasteiger charge is 2.38. The molecule has 0 amide bonds. The molecule has 5 rings (SSSR count). The van der Waals surface area contributed by atoms with Gasteiger partial charge in [0.05, 0.1) is 29.4 Å².